The number of esters is 1. The Labute approximate surface area is 229 Å². The lowest BCUT2D eigenvalue weighted by molar-refractivity contribution is -0.154. The fourth-order valence-corrected chi connectivity index (χ4v) is 4.54. The molecule has 1 aliphatic heterocycles. The van der Waals surface area contributed by atoms with Crippen molar-refractivity contribution in [2.45, 2.75) is 135 Å². The number of carbonyl (C=O) groups is 3. The Bertz CT molecular complexity index is 734. The molecule has 1 fully saturated rings. The van der Waals surface area contributed by atoms with E-state index in [1.165, 1.54) is 49.8 Å². The number of rotatable bonds is 18. The van der Waals surface area contributed by atoms with Gasteiger partial charge in [-0.15, -0.1) is 0 Å². The van der Waals surface area contributed by atoms with Crippen LogP contribution in [0.25, 0.3) is 0 Å². The number of likely N-dealkylation sites (tertiary alicyclic amines) is 1. The SMILES string of the molecule is CCCCCCCCCCCCOC(=O)[C@@H]1CCCN1C(=O)[C@@H](CCCN=C(N)N)NC(=O)OC(C)(C)C. The van der Waals surface area contributed by atoms with Crippen molar-refractivity contribution < 1.29 is 23.9 Å². The van der Waals surface area contributed by atoms with Crippen LogP contribution in [0.1, 0.15) is 118 Å². The number of guanidine groups is 1. The molecular weight excluding hydrogens is 486 g/mol. The van der Waals surface area contributed by atoms with Gasteiger partial charge < -0.3 is 31.2 Å². The third-order valence-corrected chi connectivity index (χ3v) is 6.48. The predicted molar refractivity (Wildman–Crippen MR) is 151 cm³/mol. The number of nitrogens with zero attached hydrogens (tertiary/aromatic N) is 2. The van der Waals surface area contributed by atoms with E-state index in [0.29, 0.717) is 45.4 Å². The number of carbonyl (C=O) groups excluding carboxylic acids is 3. The van der Waals surface area contributed by atoms with Gasteiger partial charge >= 0.3 is 12.1 Å². The second-order valence-corrected chi connectivity index (χ2v) is 11.2. The van der Waals surface area contributed by atoms with Crippen LogP contribution in [-0.2, 0) is 19.1 Å². The Morgan fingerprint density at radius 3 is 2.16 bits per heavy atom. The highest BCUT2D eigenvalue weighted by Gasteiger charge is 2.38. The summed E-state index contributed by atoms with van der Waals surface area (Å²) in [7, 11) is 0. The van der Waals surface area contributed by atoms with Gasteiger partial charge in [-0.3, -0.25) is 9.79 Å². The maximum atomic E-state index is 13.4. The first-order chi connectivity index (χ1) is 18.0. The normalized spacial score (nSPS) is 16.1. The van der Waals surface area contributed by atoms with E-state index >= 15 is 0 Å². The molecule has 0 radical (unpaired) electrons. The summed E-state index contributed by atoms with van der Waals surface area (Å²) in [6.07, 6.45) is 13.4. The van der Waals surface area contributed by atoms with Crippen LogP contribution in [0.15, 0.2) is 4.99 Å². The lowest BCUT2D eigenvalue weighted by Gasteiger charge is -2.29. The molecule has 0 aromatic carbocycles. The van der Waals surface area contributed by atoms with E-state index in [1.54, 1.807) is 20.8 Å². The first-order valence-corrected chi connectivity index (χ1v) is 14.6. The van der Waals surface area contributed by atoms with Crippen LogP contribution >= 0.6 is 0 Å². The van der Waals surface area contributed by atoms with E-state index in [4.69, 9.17) is 20.9 Å². The first kappa shape index (κ1) is 33.5. The monoisotopic (exact) mass is 539 g/mol. The average molecular weight is 540 g/mol. The van der Waals surface area contributed by atoms with Crippen molar-refractivity contribution in [3.8, 4) is 0 Å². The van der Waals surface area contributed by atoms with Crippen LogP contribution < -0.4 is 16.8 Å². The van der Waals surface area contributed by atoms with Crippen LogP contribution in [0.3, 0.4) is 0 Å². The molecule has 0 bridgehead atoms. The largest absolute Gasteiger partial charge is 0.464 e. The molecule has 0 aromatic rings. The highest BCUT2D eigenvalue weighted by Crippen LogP contribution is 2.21. The Kier molecular flexibility index (Phi) is 16.5. The molecule has 2 atom stereocenters. The maximum Gasteiger partial charge on any atom is 0.408 e. The minimum atomic E-state index is -0.852. The number of unbranched alkanes of at least 4 members (excludes halogenated alkanes) is 9. The van der Waals surface area contributed by atoms with Crippen LogP contribution in [0, 0.1) is 0 Å². The third kappa shape index (κ3) is 15.0. The van der Waals surface area contributed by atoms with Crippen LogP contribution in [0.5, 0.6) is 0 Å². The zero-order valence-electron chi connectivity index (χ0n) is 24.3. The van der Waals surface area contributed by atoms with E-state index in [9.17, 15) is 14.4 Å². The number of hydrogen-bond acceptors (Lipinski definition) is 6. The van der Waals surface area contributed by atoms with E-state index in [2.05, 4.69) is 17.2 Å². The summed E-state index contributed by atoms with van der Waals surface area (Å²) in [5.41, 5.74) is 10.1. The molecule has 0 spiro atoms. The second-order valence-electron chi connectivity index (χ2n) is 11.2. The smallest absolute Gasteiger partial charge is 0.408 e. The van der Waals surface area contributed by atoms with Crippen molar-refractivity contribution in [1.29, 1.82) is 0 Å². The summed E-state index contributed by atoms with van der Waals surface area (Å²) >= 11 is 0. The summed E-state index contributed by atoms with van der Waals surface area (Å²) in [6.45, 7) is 8.63. The van der Waals surface area contributed by atoms with Crippen molar-refractivity contribution >= 4 is 23.9 Å². The fourth-order valence-electron chi connectivity index (χ4n) is 4.54. The lowest BCUT2D eigenvalue weighted by Crippen LogP contribution is -2.52. The van der Waals surface area contributed by atoms with E-state index < -0.39 is 23.8 Å². The predicted octanol–water partition coefficient (Wildman–Crippen LogP) is 4.39. The molecule has 1 saturated heterocycles. The standard InChI is InChI=1S/C28H53N5O5/c1-5-6-7-8-9-10-11-12-13-14-21-37-25(35)23-18-16-20-33(23)24(34)22(17-15-19-31-26(29)30)32-27(36)38-28(2,3)4/h22-23H,5-21H2,1-4H3,(H,32,36)(H4,29,30,31)/t22-,23+/m1/s1. The zero-order chi connectivity index (χ0) is 28.4. The lowest BCUT2D eigenvalue weighted by atomic mass is 10.1. The quantitative estimate of drug-likeness (QED) is 0.101. The van der Waals surface area contributed by atoms with Gasteiger partial charge in [-0.05, 0) is 52.9 Å². The molecule has 1 rings (SSSR count). The minimum Gasteiger partial charge on any atom is -0.464 e. The number of nitrogens with one attached hydrogen (secondary N) is 1. The summed E-state index contributed by atoms with van der Waals surface area (Å²) in [6, 6.07) is -1.49. The van der Waals surface area contributed by atoms with E-state index in [0.717, 1.165) is 19.3 Å². The number of ether oxygens (including phenoxy) is 2. The molecule has 10 heteroatoms. The van der Waals surface area contributed by atoms with E-state index in [1.807, 2.05) is 0 Å². The third-order valence-electron chi connectivity index (χ3n) is 6.48. The average Bonchev–Trinajstić information content (AvgIpc) is 3.32. The van der Waals surface area contributed by atoms with E-state index in [-0.39, 0.29) is 17.8 Å². The Morgan fingerprint density at radius 1 is 0.974 bits per heavy atom. The number of amides is 2. The zero-order valence-corrected chi connectivity index (χ0v) is 24.3. The molecular formula is C28H53N5O5. The molecule has 0 aromatic heterocycles. The topological polar surface area (TPSA) is 149 Å². The van der Waals surface area contributed by atoms with Gasteiger partial charge in [0.2, 0.25) is 5.91 Å². The molecule has 0 aliphatic carbocycles. The van der Waals surface area contributed by atoms with Crippen molar-refractivity contribution in [2.24, 2.45) is 16.5 Å². The summed E-state index contributed by atoms with van der Waals surface area (Å²) in [5.74, 6) is -0.722. The van der Waals surface area contributed by atoms with Crippen molar-refractivity contribution in [3.63, 3.8) is 0 Å². The van der Waals surface area contributed by atoms with Crippen molar-refractivity contribution in [2.75, 3.05) is 19.7 Å². The van der Waals surface area contributed by atoms with Gasteiger partial charge in [-0.25, -0.2) is 9.59 Å². The van der Waals surface area contributed by atoms with Gasteiger partial charge in [-0.2, -0.15) is 0 Å². The number of alkyl carbamates (subject to hydrolysis) is 1. The summed E-state index contributed by atoms with van der Waals surface area (Å²) in [5, 5.41) is 2.67. The second kappa shape index (κ2) is 18.7. The molecule has 10 nitrogen and oxygen atoms in total. The molecule has 2 amide bonds. The van der Waals surface area contributed by atoms with Gasteiger partial charge in [0.25, 0.3) is 0 Å². The molecule has 38 heavy (non-hydrogen) atoms. The van der Waals surface area contributed by atoms with Gasteiger partial charge in [0.15, 0.2) is 5.96 Å². The van der Waals surface area contributed by atoms with Crippen LogP contribution in [0.2, 0.25) is 0 Å². The number of hydrogen-bond donors (Lipinski definition) is 3. The highest BCUT2D eigenvalue weighted by atomic mass is 16.6. The number of nitrogens with two attached hydrogens (primary N) is 2. The fraction of sp³-hybridized carbons (Fsp3) is 0.857. The molecule has 1 aliphatic rings. The maximum absolute atomic E-state index is 13.4. The van der Waals surface area contributed by atoms with Crippen molar-refractivity contribution in [3.05, 3.63) is 0 Å². The molecule has 220 valence electrons. The van der Waals surface area contributed by atoms with Crippen LogP contribution in [0.4, 0.5) is 4.79 Å². The number of aliphatic imine (C=N–C) groups is 1. The molecule has 5 N–H and O–H groups in total. The van der Waals surface area contributed by atoms with Gasteiger partial charge in [-0.1, -0.05) is 64.7 Å². The molecule has 1 heterocycles. The molecule has 0 saturated carbocycles. The Hall–Kier alpha value is -2.52. The highest BCUT2D eigenvalue weighted by molar-refractivity contribution is 5.90. The van der Waals surface area contributed by atoms with Gasteiger partial charge in [0.1, 0.15) is 17.7 Å². The van der Waals surface area contributed by atoms with Gasteiger partial charge in [0.05, 0.1) is 6.61 Å². The van der Waals surface area contributed by atoms with Crippen molar-refractivity contribution in [1.82, 2.24) is 10.2 Å². The summed E-state index contributed by atoms with van der Waals surface area (Å²) in [4.78, 5) is 44.1. The Balaban J connectivity index is 2.53. The first-order valence-electron chi connectivity index (χ1n) is 14.6. The Morgan fingerprint density at radius 2 is 1.58 bits per heavy atom. The van der Waals surface area contributed by atoms with Gasteiger partial charge in [0, 0.05) is 13.1 Å². The summed E-state index contributed by atoms with van der Waals surface area (Å²) < 4.78 is 10.9. The minimum absolute atomic E-state index is 0.0299. The molecule has 0 unspecified atom stereocenters. The van der Waals surface area contributed by atoms with Crippen LogP contribution in [-0.4, -0.2) is 66.2 Å².